The highest BCUT2D eigenvalue weighted by molar-refractivity contribution is 7.21. The van der Waals surface area contributed by atoms with Crippen molar-refractivity contribution < 1.29 is 28.5 Å². The van der Waals surface area contributed by atoms with Gasteiger partial charge in [0.2, 0.25) is 12.0 Å². The second-order valence-corrected chi connectivity index (χ2v) is 13.2. The first-order valence-electron chi connectivity index (χ1n) is 15.9. The van der Waals surface area contributed by atoms with E-state index in [1.165, 1.54) is 22.6 Å². The van der Waals surface area contributed by atoms with E-state index < -0.39 is 12.1 Å². The molecule has 256 valence electrons. The second-order valence-electron chi connectivity index (χ2n) is 11.8. The van der Waals surface area contributed by atoms with Crippen molar-refractivity contribution in [2.45, 2.75) is 26.4 Å². The third-order valence-electron chi connectivity index (χ3n) is 8.34. The van der Waals surface area contributed by atoms with Crippen LogP contribution in [0.2, 0.25) is 5.02 Å². The summed E-state index contributed by atoms with van der Waals surface area (Å²) < 4.78 is 23.5. The lowest BCUT2D eigenvalue weighted by molar-refractivity contribution is -0.151. The normalized spacial score (nSPS) is 14.5. The summed E-state index contributed by atoms with van der Waals surface area (Å²) in [6.07, 6.45) is 0.480. The van der Waals surface area contributed by atoms with Gasteiger partial charge in [-0.2, -0.15) is 0 Å². The fourth-order valence-electron chi connectivity index (χ4n) is 5.62. The molecule has 0 radical (unpaired) electrons. The molecule has 0 N–H and O–H groups in total. The number of methoxy groups -OCH3 is 1. The lowest BCUT2D eigenvalue weighted by atomic mass is 9.97. The molecule has 1 aliphatic rings. The number of carbonyl (C=O) groups is 2. The van der Waals surface area contributed by atoms with Crippen molar-refractivity contribution in [1.82, 2.24) is 24.7 Å². The molecule has 13 heteroatoms. The third kappa shape index (κ3) is 7.84. The third-order valence-corrected chi connectivity index (χ3v) is 9.89. The summed E-state index contributed by atoms with van der Waals surface area (Å²) in [7, 11) is 7.10. The zero-order valence-electron chi connectivity index (χ0n) is 28.2. The largest absolute Gasteiger partial charge is 0.496 e. The number of amides is 1. The van der Waals surface area contributed by atoms with Gasteiger partial charge in [-0.3, -0.25) is 9.69 Å². The predicted molar refractivity (Wildman–Crippen MR) is 188 cm³/mol. The molecule has 5 rings (SSSR count). The van der Waals surface area contributed by atoms with Gasteiger partial charge >= 0.3 is 5.97 Å². The molecule has 1 fully saturated rings. The van der Waals surface area contributed by atoms with E-state index >= 15 is 0 Å². The van der Waals surface area contributed by atoms with E-state index in [4.69, 9.17) is 30.5 Å². The lowest BCUT2D eigenvalue weighted by Crippen LogP contribution is -2.45. The molecule has 4 aromatic rings. The zero-order valence-corrected chi connectivity index (χ0v) is 29.8. The molecule has 1 amide bonds. The number of ether oxygens (including phenoxy) is 4. The zero-order chi connectivity index (χ0) is 34.4. The van der Waals surface area contributed by atoms with Gasteiger partial charge in [0.25, 0.3) is 5.91 Å². The molecule has 1 saturated heterocycles. The number of carbonyl (C=O) groups excluding carboxylic acids is 2. The van der Waals surface area contributed by atoms with Crippen molar-refractivity contribution in [3.63, 3.8) is 0 Å². The van der Waals surface area contributed by atoms with Gasteiger partial charge in [-0.1, -0.05) is 35.9 Å². The van der Waals surface area contributed by atoms with Gasteiger partial charge in [0.1, 0.15) is 34.1 Å². The second kappa shape index (κ2) is 16.0. The number of benzene rings is 2. The fourth-order valence-corrected chi connectivity index (χ4v) is 7.01. The van der Waals surface area contributed by atoms with Crippen LogP contribution in [0.3, 0.4) is 0 Å². The van der Waals surface area contributed by atoms with E-state index in [0.29, 0.717) is 49.3 Å². The highest BCUT2D eigenvalue weighted by atomic mass is 35.5. The van der Waals surface area contributed by atoms with Gasteiger partial charge in [-0.05, 0) is 49.7 Å². The Morgan fingerprint density at radius 3 is 2.52 bits per heavy atom. The van der Waals surface area contributed by atoms with Crippen LogP contribution in [0, 0.1) is 6.92 Å². The fraction of sp³-hybridized carbons (Fsp3) is 0.429. The first kappa shape index (κ1) is 35.3. The van der Waals surface area contributed by atoms with Crippen LogP contribution in [0.1, 0.15) is 27.7 Å². The number of fused-ring (bicyclic) bond motifs is 1. The van der Waals surface area contributed by atoms with E-state index in [0.717, 1.165) is 43.9 Å². The van der Waals surface area contributed by atoms with E-state index in [1.54, 1.807) is 28.1 Å². The number of likely N-dealkylation sites (N-methyl/N-ethyl adjacent to an activating group) is 1. The minimum absolute atomic E-state index is 0.153. The van der Waals surface area contributed by atoms with Crippen LogP contribution in [-0.4, -0.2) is 117 Å². The lowest BCUT2D eigenvalue weighted by Gasteiger charge is -2.32. The molecule has 3 heterocycles. The van der Waals surface area contributed by atoms with Crippen LogP contribution in [0.25, 0.3) is 21.3 Å². The van der Waals surface area contributed by atoms with Crippen molar-refractivity contribution in [1.29, 1.82) is 0 Å². The van der Waals surface area contributed by atoms with Gasteiger partial charge < -0.3 is 28.7 Å². The van der Waals surface area contributed by atoms with Crippen LogP contribution in [-0.2, 0) is 16.0 Å². The smallest absolute Gasteiger partial charge is 0.347 e. The maximum Gasteiger partial charge on any atom is 0.347 e. The monoisotopic (exact) mass is 695 g/mol. The molecule has 0 aliphatic carbocycles. The average molecular weight is 696 g/mol. The van der Waals surface area contributed by atoms with Gasteiger partial charge in [-0.15, -0.1) is 11.3 Å². The molecule has 0 unspecified atom stereocenters. The molecule has 2 aromatic heterocycles. The first-order chi connectivity index (χ1) is 23.1. The number of rotatable bonds is 13. The Balaban J connectivity index is 1.53. The summed E-state index contributed by atoms with van der Waals surface area (Å²) >= 11 is 8.18. The maximum absolute atomic E-state index is 13.6. The summed E-state index contributed by atoms with van der Waals surface area (Å²) in [4.78, 5) is 43.0. The van der Waals surface area contributed by atoms with Crippen molar-refractivity contribution in [2.75, 3.05) is 74.2 Å². The number of aromatic nitrogens is 2. The Morgan fingerprint density at radius 1 is 1.06 bits per heavy atom. The molecule has 0 spiro atoms. The molecule has 2 aromatic carbocycles. The summed E-state index contributed by atoms with van der Waals surface area (Å²) in [5.41, 5.74) is 2.78. The average Bonchev–Trinajstić information content (AvgIpc) is 3.47. The van der Waals surface area contributed by atoms with Crippen LogP contribution >= 0.6 is 22.9 Å². The number of hydrogen-bond acceptors (Lipinski definition) is 11. The van der Waals surface area contributed by atoms with Crippen LogP contribution in [0.5, 0.6) is 17.4 Å². The minimum Gasteiger partial charge on any atom is -0.496 e. The van der Waals surface area contributed by atoms with Crippen LogP contribution < -0.4 is 14.2 Å². The maximum atomic E-state index is 13.6. The number of hydrogen-bond donors (Lipinski definition) is 0. The van der Waals surface area contributed by atoms with Gasteiger partial charge in [0.15, 0.2) is 0 Å². The Kier molecular flexibility index (Phi) is 11.7. The number of nitrogens with zero attached hydrogens (tertiary/aromatic N) is 5. The molecule has 1 aliphatic heterocycles. The molecule has 0 saturated carbocycles. The van der Waals surface area contributed by atoms with Gasteiger partial charge in [-0.25, -0.2) is 14.8 Å². The minimum atomic E-state index is -1.05. The van der Waals surface area contributed by atoms with Crippen LogP contribution in [0.15, 0.2) is 42.7 Å². The summed E-state index contributed by atoms with van der Waals surface area (Å²) in [5.74, 6) is 0.584. The Hall–Kier alpha value is -3.97. The quantitative estimate of drug-likeness (QED) is 0.173. The van der Waals surface area contributed by atoms with Crippen molar-refractivity contribution in [2.24, 2.45) is 0 Å². The Labute approximate surface area is 290 Å². The SMILES string of the molecule is CCOC(=O)[C@@H](Cc1ccccc1OC)Oc1ncnc2sc(C(=O)N(C)C)c(-c3ccc(OCCN4CCN(C)CC4)c(Cl)c3C)c12. The van der Waals surface area contributed by atoms with Gasteiger partial charge in [0.05, 0.1) is 24.1 Å². The topological polar surface area (TPSA) is 107 Å². The number of halogens is 1. The molecule has 48 heavy (non-hydrogen) atoms. The highest BCUT2D eigenvalue weighted by Crippen LogP contribution is 2.46. The molecule has 1 atom stereocenters. The molecular formula is C35H42ClN5O6S. The summed E-state index contributed by atoms with van der Waals surface area (Å²) in [6.45, 7) is 9.19. The van der Waals surface area contributed by atoms with E-state index in [9.17, 15) is 9.59 Å². The predicted octanol–water partition coefficient (Wildman–Crippen LogP) is 5.21. The summed E-state index contributed by atoms with van der Waals surface area (Å²) in [5, 5.41) is 0.957. The Morgan fingerprint density at radius 2 is 1.81 bits per heavy atom. The number of esters is 1. The van der Waals surface area contributed by atoms with E-state index in [-0.39, 0.29) is 24.8 Å². The van der Waals surface area contributed by atoms with E-state index in [2.05, 4.69) is 26.8 Å². The van der Waals surface area contributed by atoms with Crippen molar-refractivity contribution in [3.8, 4) is 28.5 Å². The number of piperazine rings is 1. The molecule has 0 bridgehead atoms. The summed E-state index contributed by atoms with van der Waals surface area (Å²) in [6, 6.07) is 11.1. The molecule has 11 nitrogen and oxygen atoms in total. The standard InChI is InChI=1S/C35H42ClN5O6S/c1-7-45-35(43)27(20-23-10-8-9-11-25(23)44-6)47-32-29-28(31(34(42)39(3)4)48-33(29)38-21-37-32)24-12-13-26(30(36)22(24)2)46-19-18-41-16-14-40(5)15-17-41/h8-13,21,27H,7,14-20H2,1-6H3/t27-/m1/s1. The van der Waals surface area contributed by atoms with Crippen molar-refractivity contribution in [3.05, 3.63) is 63.8 Å². The van der Waals surface area contributed by atoms with Crippen LogP contribution in [0.4, 0.5) is 0 Å². The first-order valence-corrected chi connectivity index (χ1v) is 17.1. The Bertz CT molecular complexity index is 1760. The van der Waals surface area contributed by atoms with E-state index in [1.807, 2.05) is 43.3 Å². The van der Waals surface area contributed by atoms with Gasteiger partial charge in [0, 0.05) is 58.8 Å². The number of para-hydroxylation sites is 1. The van der Waals surface area contributed by atoms with Crippen molar-refractivity contribution >= 4 is 45.0 Å². The number of thiophene rings is 1. The molecular weight excluding hydrogens is 654 g/mol. The highest BCUT2D eigenvalue weighted by Gasteiger charge is 2.30.